The molecule has 1 heterocycles. The van der Waals surface area contributed by atoms with E-state index in [2.05, 4.69) is 10.6 Å². The fraction of sp³-hybridized carbons (Fsp3) is 0.125. The van der Waals surface area contributed by atoms with Crippen molar-refractivity contribution in [3.63, 3.8) is 0 Å². The molecule has 0 aliphatic carbocycles. The first kappa shape index (κ1) is 11.8. The third kappa shape index (κ3) is 2.09. The van der Waals surface area contributed by atoms with Crippen molar-refractivity contribution in [1.29, 1.82) is 0 Å². The van der Waals surface area contributed by atoms with Gasteiger partial charge in [-0.15, -0.1) is 0 Å². The summed E-state index contributed by atoms with van der Waals surface area (Å²) in [6.07, 6.45) is 2.03. The van der Waals surface area contributed by atoms with Crippen LogP contribution in [0.1, 0.15) is 5.56 Å². The van der Waals surface area contributed by atoms with Crippen LogP contribution in [0.5, 0.6) is 5.75 Å². The Balaban J connectivity index is 2.14. The van der Waals surface area contributed by atoms with Gasteiger partial charge in [0.15, 0.2) is 0 Å². The lowest BCUT2D eigenvalue weighted by Crippen LogP contribution is -1.93. The molecule has 3 rings (SSSR count). The van der Waals surface area contributed by atoms with Gasteiger partial charge in [0.25, 0.3) is 0 Å². The highest BCUT2D eigenvalue weighted by atomic mass is 16.5. The Kier molecular flexibility index (Phi) is 2.97. The van der Waals surface area contributed by atoms with Crippen LogP contribution in [0.25, 0.3) is 16.6 Å². The van der Waals surface area contributed by atoms with Crippen LogP contribution >= 0.6 is 0 Å². The summed E-state index contributed by atoms with van der Waals surface area (Å²) in [5, 5.41) is 10.3. The molecule has 0 aliphatic rings. The van der Waals surface area contributed by atoms with Crippen molar-refractivity contribution in [2.45, 2.75) is 6.61 Å². The summed E-state index contributed by atoms with van der Waals surface area (Å²) in [7, 11) is 1.67. The molecule has 1 N–H and O–H groups in total. The van der Waals surface area contributed by atoms with Gasteiger partial charge >= 0.3 is 0 Å². The Hall–Kier alpha value is -2.26. The van der Waals surface area contributed by atoms with Gasteiger partial charge in [-0.2, -0.15) is 0 Å². The Morgan fingerprint density at radius 1 is 1.11 bits per heavy atom. The molecule has 0 amide bonds. The zero-order valence-corrected chi connectivity index (χ0v) is 10.7. The Labute approximate surface area is 111 Å². The summed E-state index contributed by atoms with van der Waals surface area (Å²) >= 11 is 0. The molecule has 0 radical (unpaired) electrons. The monoisotopic (exact) mass is 253 g/mol. The Morgan fingerprint density at radius 3 is 2.79 bits per heavy atom. The van der Waals surface area contributed by atoms with Crippen LogP contribution in [-0.2, 0) is 6.61 Å². The molecule has 19 heavy (non-hydrogen) atoms. The van der Waals surface area contributed by atoms with Gasteiger partial charge in [-0.25, -0.2) is 0 Å². The molecular formula is C16H15NO2. The first-order valence-corrected chi connectivity index (χ1v) is 6.17. The molecular weight excluding hydrogens is 238 g/mol. The maximum atomic E-state index is 9.22. The highest BCUT2D eigenvalue weighted by molar-refractivity contribution is 5.83. The smallest absolute Gasteiger partial charge is 0.119 e. The second kappa shape index (κ2) is 4.78. The zero-order chi connectivity index (χ0) is 13.2. The molecule has 0 saturated heterocycles. The van der Waals surface area contributed by atoms with Gasteiger partial charge in [-0.05, 0) is 42.0 Å². The van der Waals surface area contributed by atoms with E-state index in [9.17, 15) is 5.11 Å². The lowest BCUT2D eigenvalue weighted by Gasteiger charge is -2.07. The van der Waals surface area contributed by atoms with E-state index >= 15 is 0 Å². The number of benzene rings is 2. The normalized spacial score (nSPS) is 10.8. The maximum Gasteiger partial charge on any atom is 0.119 e. The molecule has 0 atom stereocenters. The summed E-state index contributed by atoms with van der Waals surface area (Å²) in [5.41, 5.74) is 3.08. The number of ether oxygens (including phenoxy) is 1. The number of methoxy groups -OCH3 is 1. The van der Waals surface area contributed by atoms with E-state index in [-0.39, 0.29) is 6.61 Å². The number of rotatable bonds is 3. The standard InChI is InChI=1S/C16H15NO2/c1-19-15-5-6-16-13(10-15)7-8-17(16)14-4-2-3-12(9-14)11-18/h2-10,18H,11H2,1H3. The van der Waals surface area contributed by atoms with Gasteiger partial charge in [0.1, 0.15) is 5.75 Å². The molecule has 0 bridgehead atoms. The van der Waals surface area contributed by atoms with Gasteiger partial charge in [0.05, 0.1) is 19.2 Å². The molecule has 1 aromatic heterocycles. The van der Waals surface area contributed by atoms with Crippen molar-refractivity contribution in [3.05, 3.63) is 60.3 Å². The van der Waals surface area contributed by atoms with Crippen LogP contribution in [0.3, 0.4) is 0 Å². The highest BCUT2D eigenvalue weighted by Gasteiger charge is 2.04. The Bertz CT molecular complexity index is 716. The first-order chi connectivity index (χ1) is 9.31. The van der Waals surface area contributed by atoms with Crippen molar-refractivity contribution < 1.29 is 9.84 Å². The summed E-state index contributed by atoms with van der Waals surface area (Å²) in [4.78, 5) is 0. The fourth-order valence-corrected chi connectivity index (χ4v) is 2.28. The van der Waals surface area contributed by atoms with Crippen molar-refractivity contribution in [2.24, 2.45) is 0 Å². The Morgan fingerprint density at radius 2 is 2.00 bits per heavy atom. The van der Waals surface area contributed by atoms with Crippen LogP contribution in [0, 0.1) is 0 Å². The van der Waals surface area contributed by atoms with E-state index in [4.69, 9.17) is 4.74 Å². The van der Waals surface area contributed by atoms with E-state index in [1.807, 2.05) is 48.7 Å². The third-order valence-corrected chi connectivity index (χ3v) is 3.27. The second-order valence-corrected chi connectivity index (χ2v) is 4.44. The van der Waals surface area contributed by atoms with E-state index < -0.39 is 0 Å². The molecule has 2 aromatic carbocycles. The van der Waals surface area contributed by atoms with E-state index in [0.717, 1.165) is 27.9 Å². The maximum absolute atomic E-state index is 9.22. The van der Waals surface area contributed by atoms with Gasteiger partial charge in [-0.1, -0.05) is 12.1 Å². The molecule has 96 valence electrons. The van der Waals surface area contributed by atoms with Gasteiger partial charge < -0.3 is 14.4 Å². The quantitative estimate of drug-likeness (QED) is 0.778. The average Bonchev–Trinajstić information content (AvgIpc) is 2.90. The minimum Gasteiger partial charge on any atom is -0.497 e. The molecule has 3 nitrogen and oxygen atoms in total. The number of fused-ring (bicyclic) bond motifs is 1. The van der Waals surface area contributed by atoms with Gasteiger partial charge in [0, 0.05) is 17.3 Å². The molecule has 0 unspecified atom stereocenters. The van der Waals surface area contributed by atoms with E-state index in [0.29, 0.717) is 0 Å². The predicted molar refractivity (Wildman–Crippen MR) is 75.7 cm³/mol. The number of nitrogens with zero attached hydrogens (tertiary/aromatic N) is 1. The van der Waals surface area contributed by atoms with Crippen LogP contribution in [0.15, 0.2) is 54.7 Å². The van der Waals surface area contributed by atoms with Crippen molar-refractivity contribution in [3.8, 4) is 11.4 Å². The molecule has 0 spiro atoms. The lowest BCUT2D eigenvalue weighted by molar-refractivity contribution is 0.282. The first-order valence-electron chi connectivity index (χ1n) is 6.17. The molecule has 3 aromatic rings. The van der Waals surface area contributed by atoms with Crippen molar-refractivity contribution >= 4 is 10.9 Å². The summed E-state index contributed by atoms with van der Waals surface area (Å²) in [5.74, 6) is 0.856. The number of aromatic nitrogens is 1. The van der Waals surface area contributed by atoms with Crippen LogP contribution in [-0.4, -0.2) is 16.8 Å². The fourth-order valence-electron chi connectivity index (χ4n) is 2.28. The van der Waals surface area contributed by atoms with E-state index in [1.54, 1.807) is 7.11 Å². The minimum atomic E-state index is 0.0564. The zero-order valence-electron chi connectivity index (χ0n) is 10.7. The molecule has 0 saturated carbocycles. The molecule has 0 aliphatic heterocycles. The predicted octanol–water partition coefficient (Wildman–Crippen LogP) is 3.13. The van der Waals surface area contributed by atoms with Crippen LogP contribution < -0.4 is 4.74 Å². The summed E-state index contributed by atoms with van der Waals surface area (Å²) in [6, 6.07) is 16.0. The third-order valence-electron chi connectivity index (χ3n) is 3.27. The minimum absolute atomic E-state index is 0.0564. The topological polar surface area (TPSA) is 34.4 Å². The van der Waals surface area contributed by atoms with Crippen LogP contribution in [0.2, 0.25) is 0 Å². The number of hydrogen-bond acceptors (Lipinski definition) is 2. The summed E-state index contributed by atoms with van der Waals surface area (Å²) in [6.45, 7) is 0.0564. The highest BCUT2D eigenvalue weighted by Crippen LogP contribution is 2.25. The second-order valence-electron chi connectivity index (χ2n) is 4.44. The van der Waals surface area contributed by atoms with Gasteiger partial charge in [-0.3, -0.25) is 0 Å². The largest absolute Gasteiger partial charge is 0.497 e. The van der Waals surface area contributed by atoms with Crippen LogP contribution in [0.4, 0.5) is 0 Å². The number of aliphatic hydroxyl groups excluding tert-OH is 1. The number of aliphatic hydroxyl groups is 1. The SMILES string of the molecule is COc1ccc2c(ccn2-c2cccc(CO)c2)c1. The molecule has 3 heteroatoms. The number of hydrogen-bond donors (Lipinski definition) is 1. The lowest BCUT2D eigenvalue weighted by atomic mass is 10.2. The van der Waals surface area contributed by atoms with Crippen molar-refractivity contribution in [2.75, 3.05) is 7.11 Å². The van der Waals surface area contributed by atoms with Gasteiger partial charge in [0.2, 0.25) is 0 Å². The summed E-state index contributed by atoms with van der Waals surface area (Å²) < 4.78 is 7.34. The van der Waals surface area contributed by atoms with Crippen molar-refractivity contribution in [1.82, 2.24) is 4.57 Å². The average molecular weight is 253 g/mol. The molecule has 0 fully saturated rings. The van der Waals surface area contributed by atoms with E-state index in [1.165, 1.54) is 0 Å².